The number of halogens is 1. The molecule has 8 heteroatoms. The van der Waals surface area contributed by atoms with E-state index in [1.54, 1.807) is 0 Å². The van der Waals surface area contributed by atoms with Gasteiger partial charge < -0.3 is 5.11 Å². The molecule has 1 saturated carbocycles. The number of hydrogen-bond acceptors (Lipinski definition) is 5. The van der Waals surface area contributed by atoms with Crippen LogP contribution in [0.5, 0.6) is 0 Å². The van der Waals surface area contributed by atoms with Gasteiger partial charge >= 0.3 is 0 Å². The van der Waals surface area contributed by atoms with Crippen molar-refractivity contribution in [1.29, 1.82) is 0 Å². The quantitative estimate of drug-likeness (QED) is 0.808. The zero-order valence-electron chi connectivity index (χ0n) is 10.3. The molecule has 2 rings (SSSR count). The molecule has 0 saturated heterocycles. The molecule has 1 aliphatic rings. The van der Waals surface area contributed by atoms with E-state index in [1.165, 1.54) is 12.4 Å². The molecule has 0 aromatic carbocycles. The topological polar surface area (TPSA) is 92.2 Å². The van der Waals surface area contributed by atoms with Gasteiger partial charge in [-0.25, -0.2) is 23.1 Å². The average Bonchev–Trinajstić information content (AvgIpc) is 2.39. The number of sulfonamides is 1. The highest BCUT2D eigenvalue weighted by atomic mass is 35.5. The molecular formula is C11H16ClN3O3S. The third kappa shape index (κ3) is 4.10. The van der Waals surface area contributed by atoms with Crippen molar-refractivity contribution >= 4 is 21.6 Å². The minimum Gasteiger partial charge on any atom is -0.393 e. The highest BCUT2D eigenvalue weighted by Gasteiger charge is 2.22. The number of nitrogens with zero attached hydrogens (tertiary/aromatic N) is 2. The van der Waals surface area contributed by atoms with E-state index in [-0.39, 0.29) is 22.2 Å². The van der Waals surface area contributed by atoms with Crippen LogP contribution in [0.1, 0.15) is 25.7 Å². The Morgan fingerprint density at radius 2 is 1.84 bits per heavy atom. The Hall–Kier alpha value is -0.760. The number of nitrogens with one attached hydrogen (secondary N) is 1. The fourth-order valence-electron chi connectivity index (χ4n) is 2.10. The number of hydrogen-bond donors (Lipinski definition) is 2. The van der Waals surface area contributed by atoms with Crippen LogP contribution in [-0.2, 0) is 10.0 Å². The lowest BCUT2D eigenvalue weighted by atomic mass is 9.88. The van der Waals surface area contributed by atoms with Crippen LogP contribution in [-0.4, -0.2) is 36.1 Å². The summed E-state index contributed by atoms with van der Waals surface area (Å²) in [4.78, 5) is 7.31. The molecule has 0 atom stereocenters. The summed E-state index contributed by atoms with van der Waals surface area (Å²) in [5, 5.41) is 9.41. The van der Waals surface area contributed by atoms with Crippen molar-refractivity contribution in [2.24, 2.45) is 5.92 Å². The van der Waals surface area contributed by atoms with Crippen LogP contribution in [0.4, 0.5) is 0 Å². The van der Waals surface area contributed by atoms with Crippen LogP contribution in [0.3, 0.4) is 0 Å². The van der Waals surface area contributed by atoms with Gasteiger partial charge in [0.2, 0.25) is 15.3 Å². The minimum atomic E-state index is -3.59. The lowest BCUT2D eigenvalue weighted by molar-refractivity contribution is 0.109. The average molecular weight is 306 g/mol. The fourth-order valence-corrected chi connectivity index (χ4v) is 3.20. The second-order valence-electron chi connectivity index (χ2n) is 4.71. The van der Waals surface area contributed by atoms with E-state index < -0.39 is 10.0 Å². The molecule has 6 nitrogen and oxygen atoms in total. The van der Waals surface area contributed by atoms with Crippen LogP contribution in [0.2, 0.25) is 5.28 Å². The van der Waals surface area contributed by atoms with E-state index in [9.17, 15) is 13.5 Å². The number of aromatic nitrogens is 2. The monoisotopic (exact) mass is 305 g/mol. The molecule has 0 radical (unpaired) electrons. The van der Waals surface area contributed by atoms with Gasteiger partial charge in [-0.2, -0.15) is 0 Å². The van der Waals surface area contributed by atoms with E-state index in [4.69, 9.17) is 11.6 Å². The maximum atomic E-state index is 12.0. The molecule has 0 bridgehead atoms. The van der Waals surface area contributed by atoms with Gasteiger partial charge in [0.1, 0.15) is 4.90 Å². The first kappa shape index (κ1) is 14.6. The Balaban J connectivity index is 1.92. The smallest absolute Gasteiger partial charge is 0.243 e. The van der Waals surface area contributed by atoms with Crippen molar-refractivity contribution in [2.45, 2.75) is 36.7 Å². The van der Waals surface area contributed by atoms with E-state index >= 15 is 0 Å². The predicted octanol–water partition coefficient (Wildman–Crippen LogP) is 0.959. The lowest BCUT2D eigenvalue weighted by Crippen LogP contribution is -2.32. The van der Waals surface area contributed by atoms with Gasteiger partial charge in [0.05, 0.1) is 18.5 Å². The second kappa shape index (κ2) is 6.13. The van der Waals surface area contributed by atoms with Crippen LogP contribution < -0.4 is 4.72 Å². The highest BCUT2D eigenvalue weighted by molar-refractivity contribution is 7.89. The molecule has 0 unspecified atom stereocenters. The summed E-state index contributed by atoms with van der Waals surface area (Å²) in [7, 11) is -3.59. The minimum absolute atomic E-state index is 0.00717. The Bertz CT molecular complexity index is 512. The van der Waals surface area contributed by atoms with Gasteiger partial charge in [0.25, 0.3) is 0 Å². The van der Waals surface area contributed by atoms with Crippen LogP contribution in [0.25, 0.3) is 0 Å². The second-order valence-corrected chi connectivity index (χ2v) is 6.82. The largest absolute Gasteiger partial charge is 0.393 e. The molecule has 106 valence electrons. The molecule has 0 spiro atoms. The van der Waals surface area contributed by atoms with Gasteiger partial charge in [-0.3, -0.25) is 0 Å². The Morgan fingerprint density at radius 3 is 2.42 bits per heavy atom. The summed E-state index contributed by atoms with van der Waals surface area (Å²) in [6, 6.07) is 0. The number of aliphatic hydroxyl groups is 1. The summed E-state index contributed by atoms with van der Waals surface area (Å²) in [6.07, 6.45) is 5.26. The summed E-state index contributed by atoms with van der Waals surface area (Å²) in [5.41, 5.74) is 0. The molecule has 0 aliphatic heterocycles. The van der Waals surface area contributed by atoms with Crippen molar-refractivity contribution in [1.82, 2.24) is 14.7 Å². The SMILES string of the molecule is O=S(=O)(NCC1CCC(O)CC1)c1cnc(Cl)nc1. The third-order valence-corrected chi connectivity index (χ3v) is 4.86. The summed E-state index contributed by atoms with van der Waals surface area (Å²) in [5.74, 6) is 0.270. The maximum absolute atomic E-state index is 12.0. The summed E-state index contributed by atoms with van der Waals surface area (Å²) < 4.78 is 26.5. The van der Waals surface area contributed by atoms with E-state index in [0.29, 0.717) is 6.54 Å². The van der Waals surface area contributed by atoms with Gasteiger partial charge in [-0.15, -0.1) is 0 Å². The van der Waals surface area contributed by atoms with Gasteiger partial charge in [-0.1, -0.05) is 0 Å². The normalized spacial score (nSPS) is 24.3. The van der Waals surface area contributed by atoms with Gasteiger partial charge in [0.15, 0.2) is 0 Å². The van der Waals surface area contributed by atoms with Gasteiger partial charge in [-0.05, 0) is 43.2 Å². The lowest BCUT2D eigenvalue weighted by Gasteiger charge is -2.25. The molecule has 1 fully saturated rings. The molecule has 1 aromatic rings. The van der Waals surface area contributed by atoms with E-state index in [2.05, 4.69) is 14.7 Å². The highest BCUT2D eigenvalue weighted by Crippen LogP contribution is 2.23. The van der Waals surface area contributed by atoms with Crippen molar-refractivity contribution in [3.63, 3.8) is 0 Å². The van der Waals surface area contributed by atoms with Crippen LogP contribution >= 0.6 is 11.6 Å². The Morgan fingerprint density at radius 1 is 1.26 bits per heavy atom. The standard InChI is InChI=1S/C11H16ClN3O3S/c12-11-13-6-10(7-14-11)19(17,18)15-5-8-1-3-9(16)4-2-8/h6-9,15-16H,1-5H2. The zero-order valence-corrected chi connectivity index (χ0v) is 11.9. The van der Waals surface area contributed by atoms with E-state index in [0.717, 1.165) is 25.7 Å². The first-order valence-electron chi connectivity index (χ1n) is 6.12. The third-order valence-electron chi connectivity index (χ3n) is 3.29. The van der Waals surface area contributed by atoms with Crippen LogP contribution in [0.15, 0.2) is 17.3 Å². The van der Waals surface area contributed by atoms with Crippen molar-refractivity contribution in [3.8, 4) is 0 Å². The van der Waals surface area contributed by atoms with Crippen LogP contribution in [0, 0.1) is 5.92 Å². The zero-order chi connectivity index (χ0) is 13.9. The molecular weight excluding hydrogens is 290 g/mol. The maximum Gasteiger partial charge on any atom is 0.243 e. The fraction of sp³-hybridized carbons (Fsp3) is 0.636. The summed E-state index contributed by atoms with van der Waals surface area (Å²) >= 11 is 5.51. The first-order valence-corrected chi connectivity index (χ1v) is 7.99. The first-order chi connectivity index (χ1) is 8.97. The van der Waals surface area contributed by atoms with E-state index in [1.807, 2.05) is 0 Å². The van der Waals surface area contributed by atoms with Crippen molar-refractivity contribution in [2.75, 3.05) is 6.54 Å². The number of rotatable bonds is 4. The Labute approximate surface area is 117 Å². The predicted molar refractivity (Wildman–Crippen MR) is 70.2 cm³/mol. The molecule has 0 amide bonds. The number of aliphatic hydroxyl groups excluding tert-OH is 1. The molecule has 1 heterocycles. The molecule has 2 N–H and O–H groups in total. The Kier molecular flexibility index (Phi) is 4.72. The molecule has 19 heavy (non-hydrogen) atoms. The molecule has 1 aromatic heterocycles. The van der Waals surface area contributed by atoms with Gasteiger partial charge in [0, 0.05) is 6.54 Å². The summed E-state index contributed by atoms with van der Waals surface area (Å²) in [6.45, 7) is 0.373. The van der Waals surface area contributed by atoms with Crippen molar-refractivity contribution < 1.29 is 13.5 Å². The van der Waals surface area contributed by atoms with Crippen molar-refractivity contribution in [3.05, 3.63) is 17.7 Å². The molecule has 1 aliphatic carbocycles.